The van der Waals surface area contributed by atoms with Crippen LogP contribution in [0.3, 0.4) is 0 Å². The SMILES string of the molecule is CC(C)(C)c1ccc(NC(=O)C2CC3C=CC2C3)cc1. The zero-order valence-electron chi connectivity index (χ0n) is 12.5. The highest BCUT2D eigenvalue weighted by Crippen LogP contribution is 2.43. The highest BCUT2D eigenvalue weighted by Gasteiger charge is 2.39. The number of hydrogen-bond acceptors (Lipinski definition) is 1. The third-order valence-electron chi connectivity index (χ3n) is 4.63. The maximum absolute atomic E-state index is 12.3. The largest absolute Gasteiger partial charge is 0.326 e. The van der Waals surface area contributed by atoms with Gasteiger partial charge in [-0.1, -0.05) is 45.1 Å². The number of rotatable bonds is 2. The molecule has 0 aliphatic heterocycles. The van der Waals surface area contributed by atoms with E-state index in [1.54, 1.807) is 0 Å². The van der Waals surface area contributed by atoms with E-state index in [4.69, 9.17) is 0 Å². The van der Waals surface area contributed by atoms with Gasteiger partial charge in [0, 0.05) is 11.6 Å². The van der Waals surface area contributed by atoms with Gasteiger partial charge in [0.2, 0.25) is 5.91 Å². The van der Waals surface area contributed by atoms with Crippen molar-refractivity contribution in [3.05, 3.63) is 42.0 Å². The monoisotopic (exact) mass is 269 g/mol. The van der Waals surface area contributed by atoms with Gasteiger partial charge < -0.3 is 5.32 Å². The maximum Gasteiger partial charge on any atom is 0.228 e. The van der Waals surface area contributed by atoms with Crippen molar-refractivity contribution in [1.29, 1.82) is 0 Å². The molecule has 0 aromatic heterocycles. The van der Waals surface area contributed by atoms with E-state index in [1.165, 1.54) is 12.0 Å². The van der Waals surface area contributed by atoms with Crippen LogP contribution in [0.5, 0.6) is 0 Å². The zero-order chi connectivity index (χ0) is 14.3. The van der Waals surface area contributed by atoms with Gasteiger partial charge in [0.25, 0.3) is 0 Å². The van der Waals surface area contributed by atoms with Gasteiger partial charge in [0.1, 0.15) is 0 Å². The quantitative estimate of drug-likeness (QED) is 0.803. The second-order valence-corrected chi connectivity index (χ2v) is 7.20. The standard InChI is InChI=1S/C18H23NO/c1-18(2,3)14-6-8-15(9-7-14)19-17(20)16-11-12-4-5-13(16)10-12/h4-9,12-13,16H,10-11H2,1-3H3,(H,19,20). The summed E-state index contributed by atoms with van der Waals surface area (Å²) in [6.45, 7) is 6.59. The highest BCUT2D eigenvalue weighted by molar-refractivity contribution is 5.93. The Bertz CT molecular complexity index is 536. The molecule has 1 aromatic rings. The normalized spacial score (nSPS) is 27.9. The van der Waals surface area contributed by atoms with Gasteiger partial charge in [0.15, 0.2) is 0 Å². The number of carbonyl (C=O) groups is 1. The summed E-state index contributed by atoms with van der Waals surface area (Å²) in [5, 5.41) is 3.07. The van der Waals surface area contributed by atoms with Crippen LogP contribution in [0.25, 0.3) is 0 Å². The van der Waals surface area contributed by atoms with Crippen LogP contribution in [0.4, 0.5) is 5.69 Å². The van der Waals surface area contributed by atoms with Crippen molar-refractivity contribution in [2.75, 3.05) is 5.32 Å². The molecule has 0 saturated heterocycles. The second kappa shape index (κ2) is 4.76. The molecule has 1 fully saturated rings. The lowest BCUT2D eigenvalue weighted by Gasteiger charge is -2.20. The Labute approximate surface area is 121 Å². The van der Waals surface area contributed by atoms with Gasteiger partial charge in [-0.3, -0.25) is 4.79 Å². The van der Waals surface area contributed by atoms with E-state index >= 15 is 0 Å². The van der Waals surface area contributed by atoms with Gasteiger partial charge in [-0.05, 0) is 47.8 Å². The number of allylic oxidation sites excluding steroid dienone is 2. The van der Waals surface area contributed by atoms with Gasteiger partial charge in [-0.15, -0.1) is 0 Å². The lowest BCUT2D eigenvalue weighted by atomic mass is 9.87. The minimum Gasteiger partial charge on any atom is -0.326 e. The van der Waals surface area contributed by atoms with E-state index in [0.717, 1.165) is 12.1 Å². The summed E-state index contributed by atoms with van der Waals surface area (Å²) in [5.41, 5.74) is 2.35. The van der Waals surface area contributed by atoms with E-state index in [1.807, 2.05) is 12.1 Å². The molecule has 106 valence electrons. The first-order valence-electron chi connectivity index (χ1n) is 7.53. The molecule has 1 aromatic carbocycles. The van der Waals surface area contributed by atoms with Gasteiger partial charge in [-0.25, -0.2) is 0 Å². The molecule has 2 aliphatic carbocycles. The van der Waals surface area contributed by atoms with Crippen LogP contribution in [0.1, 0.15) is 39.2 Å². The lowest BCUT2D eigenvalue weighted by molar-refractivity contribution is -0.120. The Hall–Kier alpha value is -1.57. The first-order valence-corrected chi connectivity index (χ1v) is 7.53. The summed E-state index contributed by atoms with van der Waals surface area (Å²) in [6.07, 6.45) is 6.68. The first-order chi connectivity index (χ1) is 9.43. The molecule has 3 rings (SSSR count). The molecule has 2 aliphatic rings. The molecule has 0 radical (unpaired) electrons. The molecule has 1 amide bonds. The molecule has 1 saturated carbocycles. The highest BCUT2D eigenvalue weighted by atomic mass is 16.1. The summed E-state index contributed by atoms with van der Waals surface area (Å²) in [5.74, 6) is 1.46. The fraction of sp³-hybridized carbons (Fsp3) is 0.500. The molecular weight excluding hydrogens is 246 g/mol. The van der Waals surface area contributed by atoms with Crippen molar-refractivity contribution in [2.24, 2.45) is 17.8 Å². The van der Waals surface area contributed by atoms with E-state index in [0.29, 0.717) is 11.8 Å². The molecular formula is C18H23NO. The molecule has 2 bridgehead atoms. The number of fused-ring (bicyclic) bond motifs is 2. The van der Waals surface area contributed by atoms with E-state index in [9.17, 15) is 4.79 Å². The fourth-order valence-electron chi connectivity index (χ4n) is 3.37. The molecule has 1 N–H and O–H groups in total. The summed E-state index contributed by atoms with van der Waals surface area (Å²) in [4.78, 5) is 12.3. The van der Waals surface area contributed by atoms with Crippen molar-refractivity contribution in [2.45, 2.75) is 39.0 Å². The van der Waals surface area contributed by atoms with Crippen molar-refractivity contribution in [3.8, 4) is 0 Å². The van der Waals surface area contributed by atoms with E-state index in [2.05, 4.69) is 50.4 Å². The molecule has 3 unspecified atom stereocenters. The summed E-state index contributed by atoms with van der Waals surface area (Å²) >= 11 is 0. The van der Waals surface area contributed by atoms with E-state index in [-0.39, 0.29) is 17.2 Å². The summed E-state index contributed by atoms with van der Waals surface area (Å²) in [7, 11) is 0. The number of amides is 1. The van der Waals surface area contributed by atoms with Crippen molar-refractivity contribution in [3.63, 3.8) is 0 Å². The minimum atomic E-state index is 0.151. The zero-order valence-corrected chi connectivity index (χ0v) is 12.5. The van der Waals surface area contributed by atoms with Crippen LogP contribution in [0.2, 0.25) is 0 Å². The molecule has 0 spiro atoms. The Morgan fingerprint density at radius 1 is 1.10 bits per heavy atom. The number of anilines is 1. The lowest BCUT2D eigenvalue weighted by Crippen LogP contribution is -2.25. The fourth-order valence-corrected chi connectivity index (χ4v) is 3.37. The predicted octanol–water partition coefficient (Wildman–Crippen LogP) is 4.13. The third-order valence-corrected chi connectivity index (χ3v) is 4.63. The average molecular weight is 269 g/mol. The van der Waals surface area contributed by atoms with Crippen LogP contribution in [0, 0.1) is 17.8 Å². The van der Waals surface area contributed by atoms with Gasteiger partial charge >= 0.3 is 0 Å². The Balaban J connectivity index is 1.66. The Morgan fingerprint density at radius 2 is 1.80 bits per heavy atom. The topological polar surface area (TPSA) is 29.1 Å². The first kappa shape index (κ1) is 13.4. The van der Waals surface area contributed by atoms with Gasteiger partial charge in [-0.2, -0.15) is 0 Å². The molecule has 2 nitrogen and oxygen atoms in total. The Morgan fingerprint density at radius 3 is 2.30 bits per heavy atom. The second-order valence-electron chi connectivity index (χ2n) is 7.20. The Kier molecular flexibility index (Phi) is 3.19. The predicted molar refractivity (Wildman–Crippen MR) is 82.6 cm³/mol. The number of nitrogens with one attached hydrogen (secondary N) is 1. The molecule has 20 heavy (non-hydrogen) atoms. The molecule has 2 heteroatoms. The smallest absolute Gasteiger partial charge is 0.228 e. The number of benzene rings is 1. The average Bonchev–Trinajstić information content (AvgIpc) is 3.00. The maximum atomic E-state index is 12.3. The van der Waals surface area contributed by atoms with Gasteiger partial charge in [0.05, 0.1) is 0 Å². The van der Waals surface area contributed by atoms with Crippen molar-refractivity contribution in [1.82, 2.24) is 0 Å². The van der Waals surface area contributed by atoms with Crippen LogP contribution in [-0.2, 0) is 10.2 Å². The van der Waals surface area contributed by atoms with Crippen LogP contribution in [0.15, 0.2) is 36.4 Å². The van der Waals surface area contributed by atoms with Crippen molar-refractivity contribution < 1.29 is 4.79 Å². The van der Waals surface area contributed by atoms with Crippen LogP contribution >= 0.6 is 0 Å². The molecule has 0 heterocycles. The van der Waals surface area contributed by atoms with Crippen LogP contribution < -0.4 is 5.32 Å². The third kappa shape index (κ3) is 2.52. The van der Waals surface area contributed by atoms with Crippen molar-refractivity contribution >= 4 is 11.6 Å². The van der Waals surface area contributed by atoms with E-state index < -0.39 is 0 Å². The minimum absolute atomic E-state index is 0.151. The molecule has 3 atom stereocenters. The summed E-state index contributed by atoms with van der Waals surface area (Å²) in [6, 6.07) is 8.25. The number of hydrogen-bond donors (Lipinski definition) is 1. The summed E-state index contributed by atoms with van der Waals surface area (Å²) < 4.78 is 0. The number of carbonyl (C=O) groups excluding carboxylic acids is 1. The van der Waals surface area contributed by atoms with Crippen LogP contribution in [-0.4, -0.2) is 5.91 Å².